The minimum atomic E-state index is -0.316. The number of hydrogen-bond acceptors (Lipinski definition) is 1. The van der Waals surface area contributed by atoms with Crippen LogP contribution in [-0.4, -0.2) is 5.78 Å². The van der Waals surface area contributed by atoms with Gasteiger partial charge in [0.05, 0.1) is 0 Å². The number of fused-ring (bicyclic) bond motifs is 1. The number of ketones is 1. The van der Waals surface area contributed by atoms with E-state index >= 15 is 0 Å². The maximum Gasteiger partial charge on any atom is 0.167 e. The number of halogens is 2. The summed E-state index contributed by atoms with van der Waals surface area (Å²) >= 11 is 3.30. The predicted molar refractivity (Wildman–Crippen MR) is 86.1 cm³/mol. The molecule has 0 aliphatic carbocycles. The van der Waals surface area contributed by atoms with E-state index in [1.807, 2.05) is 42.5 Å². The molecule has 0 unspecified atom stereocenters. The highest BCUT2D eigenvalue weighted by atomic mass is 79.9. The molecule has 21 heavy (non-hydrogen) atoms. The van der Waals surface area contributed by atoms with Crippen LogP contribution < -0.4 is 0 Å². The summed E-state index contributed by atoms with van der Waals surface area (Å²) < 4.78 is 13.7. The molecule has 3 rings (SSSR count). The number of hydrogen-bond donors (Lipinski definition) is 0. The van der Waals surface area contributed by atoms with Crippen molar-refractivity contribution in [3.8, 4) is 0 Å². The van der Waals surface area contributed by atoms with E-state index in [1.165, 1.54) is 12.1 Å². The third-order valence-electron chi connectivity index (χ3n) is 3.44. The predicted octanol–water partition coefficient (Wildman–Crippen LogP) is 5.17. The van der Waals surface area contributed by atoms with Crippen molar-refractivity contribution in [3.63, 3.8) is 0 Å². The molecule has 0 aliphatic heterocycles. The van der Waals surface area contributed by atoms with Crippen molar-refractivity contribution in [2.45, 2.75) is 6.42 Å². The molecule has 3 aromatic carbocycles. The van der Waals surface area contributed by atoms with Crippen LogP contribution >= 0.6 is 15.9 Å². The van der Waals surface area contributed by atoms with Gasteiger partial charge in [-0.2, -0.15) is 0 Å². The van der Waals surface area contributed by atoms with Crippen LogP contribution in [0.4, 0.5) is 4.39 Å². The van der Waals surface area contributed by atoms with Crippen LogP contribution in [0.5, 0.6) is 0 Å². The van der Waals surface area contributed by atoms with Crippen LogP contribution in [0.3, 0.4) is 0 Å². The molecule has 3 heteroatoms. The van der Waals surface area contributed by atoms with E-state index in [9.17, 15) is 9.18 Å². The minimum Gasteiger partial charge on any atom is -0.294 e. The largest absolute Gasteiger partial charge is 0.294 e. The van der Waals surface area contributed by atoms with Gasteiger partial charge in [-0.15, -0.1) is 0 Å². The molecule has 0 N–H and O–H groups in total. The second-order valence-electron chi connectivity index (χ2n) is 4.90. The second-order valence-corrected chi connectivity index (χ2v) is 5.75. The van der Waals surface area contributed by atoms with Crippen molar-refractivity contribution >= 4 is 32.5 Å². The van der Waals surface area contributed by atoms with Gasteiger partial charge in [-0.25, -0.2) is 4.39 Å². The van der Waals surface area contributed by atoms with E-state index in [0.717, 1.165) is 16.3 Å². The smallest absolute Gasteiger partial charge is 0.167 e. The molecule has 104 valence electrons. The maximum absolute atomic E-state index is 13.1. The van der Waals surface area contributed by atoms with Crippen molar-refractivity contribution in [1.82, 2.24) is 0 Å². The molecule has 0 aromatic heterocycles. The van der Waals surface area contributed by atoms with Gasteiger partial charge in [0.15, 0.2) is 5.78 Å². The zero-order chi connectivity index (χ0) is 14.8. The lowest BCUT2D eigenvalue weighted by Gasteiger charge is -2.06. The first-order valence-corrected chi connectivity index (χ1v) is 7.39. The van der Waals surface area contributed by atoms with Gasteiger partial charge in [0.1, 0.15) is 5.82 Å². The van der Waals surface area contributed by atoms with E-state index in [-0.39, 0.29) is 18.0 Å². The highest BCUT2D eigenvalue weighted by Gasteiger charge is 2.10. The number of rotatable bonds is 3. The average molecular weight is 343 g/mol. The SMILES string of the molecule is O=C(Cc1ccc(F)cc1Br)c1ccc2ccccc2c1. The Morgan fingerprint density at radius 1 is 0.952 bits per heavy atom. The zero-order valence-electron chi connectivity index (χ0n) is 11.1. The fraction of sp³-hybridized carbons (Fsp3) is 0.0556. The fourth-order valence-electron chi connectivity index (χ4n) is 2.30. The molecular formula is C18H12BrFO. The molecule has 0 bridgehead atoms. The Morgan fingerprint density at radius 3 is 2.48 bits per heavy atom. The van der Waals surface area contributed by atoms with E-state index < -0.39 is 0 Å². The summed E-state index contributed by atoms with van der Waals surface area (Å²) in [5.74, 6) is -0.295. The van der Waals surface area contributed by atoms with Crippen LogP contribution in [0.2, 0.25) is 0 Å². The molecule has 3 aromatic rings. The standard InChI is InChI=1S/C18H12BrFO/c19-17-11-16(20)8-7-14(17)10-18(21)15-6-5-12-3-1-2-4-13(12)9-15/h1-9,11H,10H2. The van der Waals surface area contributed by atoms with Crippen molar-refractivity contribution in [1.29, 1.82) is 0 Å². The van der Waals surface area contributed by atoms with E-state index in [0.29, 0.717) is 10.0 Å². The summed E-state index contributed by atoms with van der Waals surface area (Å²) in [5.41, 5.74) is 1.46. The summed E-state index contributed by atoms with van der Waals surface area (Å²) in [6.07, 6.45) is 0.249. The third-order valence-corrected chi connectivity index (χ3v) is 4.18. The molecule has 0 saturated heterocycles. The lowest BCUT2D eigenvalue weighted by molar-refractivity contribution is 0.0993. The number of Topliss-reactive ketones (excluding diaryl/α,β-unsaturated/α-hetero) is 1. The van der Waals surface area contributed by atoms with E-state index in [4.69, 9.17) is 0 Å². The molecule has 0 saturated carbocycles. The topological polar surface area (TPSA) is 17.1 Å². The number of benzene rings is 3. The van der Waals surface area contributed by atoms with Crippen LogP contribution in [0.1, 0.15) is 15.9 Å². The maximum atomic E-state index is 13.1. The molecule has 0 radical (unpaired) electrons. The van der Waals surface area contributed by atoms with Crippen LogP contribution in [0.25, 0.3) is 10.8 Å². The van der Waals surface area contributed by atoms with Gasteiger partial charge in [0.2, 0.25) is 0 Å². The average Bonchev–Trinajstić information content (AvgIpc) is 2.49. The molecular weight excluding hydrogens is 331 g/mol. The highest BCUT2D eigenvalue weighted by Crippen LogP contribution is 2.21. The lowest BCUT2D eigenvalue weighted by atomic mass is 10.00. The Balaban J connectivity index is 1.89. The van der Waals surface area contributed by atoms with Gasteiger partial charge >= 0.3 is 0 Å². The summed E-state index contributed by atoms with van der Waals surface area (Å²) in [7, 11) is 0. The molecule has 0 fully saturated rings. The molecule has 0 atom stereocenters. The first-order chi connectivity index (χ1) is 10.1. The third kappa shape index (κ3) is 3.03. The Morgan fingerprint density at radius 2 is 1.71 bits per heavy atom. The molecule has 0 aliphatic rings. The molecule has 1 nitrogen and oxygen atoms in total. The highest BCUT2D eigenvalue weighted by molar-refractivity contribution is 9.10. The van der Waals surface area contributed by atoms with Crippen LogP contribution in [-0.2, 0) is 6.42 Å². The first kappa shape index (κ1) is 14.0. The first-order valence-electron chi connectivity index (χ1n) is 6.59. The molecule has 0 amide bonds. The molecule has 0 spiro atoms. The Hall–Kier alpha value is -2.00. The monoisotopic (exact) mass is 342 g/mol. The van der Waals surface area contributed by atoms with E-state index in [2.05, 4.69) is 15.9 Å². The molecule has 0 heterocycles. The zero-order valence-corrected chi connectivity index (χ0v) is 12.7. The van der Waals surface area contributed by atoms with Crippen LogP contribution in [0.15, 0.2) is 65.1 Å². The van der Waals surface area contributed by atoms with Gasteiger partial charge in [-0.1, -0.05) is 58.4 Å². The summed E-state index contributed by atoms with van der Waals surface area (Å²) in [5, 5.41) is 2.15. The van der Waals surface area contributed by atoms with Gasteiger partial charge in [0.25, 0.3) is 0 Å². The lowest BCUT2D eigenvalue weighted by Crippen LogP contribution is -2.04. The van der Waals surface area contributed by atoms with Crippen molar-refractivity contribution < 1.29 is 9.18 Å². The normalized spacial score (nSPS) is 10.8. The minimum absolute atomic E-state index is 0.0214. The van der Waals surface area contributed by atoms with E-state index in [1.54, 1.807) is 6.07 Å². The van der Waals surface area contributed by atoms with Gasteiger partial charge in [-0.05, 0) is 34.5 Å². The summed E-state index contributed by atoms with van der Waals surface area (Å²) in [6.45, 7) is 0. The fourth-order valence-corrected chi connectivity index (χ4v) is 2.79. The van der Waals surface area contributed by atoms with Crippen molar-refractivity contribution in [3.05, 3.63) is 82.1 Å². The summed E-state index contributed by atoms with van der Waals surface area (Å²) in [6, 6.07) is 18.0. The van der Waals surface area contributed by atoms with Crippen molar-refractivity contribution in [2.75, 3.05) is 0 Å². The van der Waals surface area contributed by atoms with Gasteiger partial charge in [-0.3, -0.25) is 4.79 Å². The van der Waals surface area contributed by atoms with Crippen LogP contribution in [0, 0.1) is 5.82 Å². The Labute approximate surface area is 130 Å². The van der Waals surface area contributed by atoms with Gasteiger partial charge in [0, 0.05) is 16.5 Å². The quantitative estimate of drug-likeness (QED) is 0.600. The van der Waals surface area contributed by atoms with Gasteiger partial charge < -0.3 is 0 Å². The Kier molecular flexibility index (Phi) is 3.84. The second kappa shape index (κ2) is 5.78. The summed E-state index contributed by atoms with van der Waals surface area (Å²) in [4.78, 5) is 12.4. The van der Waals surface area contributed by atoms with Crippen molar-refractivity contribution in [2.24, 2.45) is 0 Å². The Bertz CT molecular complexity index is 826. The number of carbonyl (C=O) groups excluding carboxylic acids is 1. The number of carbonyl (C=O) groups is 1.